The SMILES string of the molecule is Cc1cc(NC(=O)c2ccc(CN3C(=O)c4ccccc4C3=O)cc2)ccc1C(N)=O. The molecule has 0 bridgehead atoms. The van der Waals surface area contributed by atoms with Crippen molar-refractivity contribution in [2.45, 2.75) is 13.5 Å². The summed E-state index contributed by atoms with van der Waals surface area (Å²) in [6.45, 7) is 1.87. The summed E-state index contributed by atoms with van der Waals surface area (Å²) in [4.78, 5) is 50.0. The second-order valence-corrected chi connectivity index (χ2v) is 7.29. The first-order valence-corrected chi connectivity index (χ1v) is 9.61. The number of primary amides is 1. The molecule has 3 aromatic carbocycles. The Labute approximate surface area is 178 Å². The highest BCUT2D eigenvalue weighted by Crippen LogP contribution is 2.24. The normalized spacial score (nSPS) is 12.6. The highest BCUT2D eigenvalue weighted by molar-refractivity contribution is 6.21. The first-order chi connectivity index (χ1) is 14.8. The molecule has 0 unspecified atom stereocenters. The molecular weight excluding hydrogens is 394 g/mol. The largest absolute Gasteiger partial charge is 0.366 e. The van der Waals surface area contributed by atoms with Gasteiger partial charge in [0.05, 0.1) is 17.7 Å². The van der Waals surface area contributed by atoms with Crippen LogP contribution in [0.1, 0.15) is 52.6 Å². The van der Waals surface area contributed by atoms with E-state index in [9.17, 15) is 19.2 Å². The fourth-order valence-corrected chi connectivity index (χ4v) is 3.55. The highest BCUT2D eigenvalue weighted by Gasteiger charge is 2.34. The van der Waals surface area contributed by atoms with Gasteiger partial charge in [-0.25, -0.2) is 0 Å². The first-order valence-electron chi connectivity index (χ1n) is 9.61. The number of anilines is 1. The number of hydrogen-bond donors (Lipinski definition) is 2. The molecule has 4 amide bonds. The van der Waals surface area contributed by atoms with Crippen LogP contribution in [0.4, 0.5) is 5.69 Å². The lowest BCUT2D eigenvalue weighted by atomic mass is 10.1. The van der Waals surface area contributed by atoms with E-state index in [0.29, 0.717) is 33.5 Å². The fourth-order valence-electron chi connectivity index (χ4n) is 3.55. The topological polar surface area (TPSA) is 110 Å². The molecule has 0 radical (unpaired) electrons. The van der Waals surface area contributed by atoms with Crippen molar-refractivity contribution in [1.29, 1.82) is 0 Å². The van der Waals surface area contributed by atoms with Crippen molar-refractivity contribution in [3.63, 3.8) is 0 Å². The standard InChI is InChI=1S/C24H19N3O4/c1-14-12-17(10-11-18(14)21(25)28)26-22(29)16-8-6-15(7-9-16)13-27-23(30)19-4-2-3-5-20(19)24(27)31/h2-12H,13H2,1H3,(H2,25,28)(H,26,29). The van der Waals surface area contributed by atoms with E-state index in [1.54, 1.807) is 73.7 Å². The van der Waals surface area contributed by atoms with E-state index in [1.165, 1.54) is 4.90 Å². The number of carbonyl (C=O) groups is 4. The van der Waals surface area contributed by atoms with Crippen molar-refractivity contribution in [2.75, 3.05) is 5.32 Å². The van der Waals surface area contributed by atoms with Gasteiger partial charge in [-0.15, -0.1) is 0 Å². The molecule has 3 aromatic rings. The molecule has 0 atom stereocenters. The number of rotatable bonds is 5. The fraction of sp³-hybridized carbons (Fsp3) is 0.0833. The van der Waals surface area contributed by atoms with E-state index in [2.05, 4.69) is 5.32 Å². The number of amides is 4. The third-order valence-corrected chi connectivity index (χ3v) is 5.18. The van der Waals surface area contributed by atoms with Crippen molar-refractivity contribution in [2.24, 2.45) is 5.73 Å². The lowest BCUT2D eigenvalue weighted by Gasteiger charge is -2.14. The summed E-state index contributed by atoms with van der Waals surface area (Å²) in [5.41, 5.74) is 8.87. The van der Waals surface area contributed by atoms with Gasteiger partial charge in [-0.1, -0.05) is 24.3 Å². The minimum Gasteiger partial charge on any atom is -0.366 e. The van der Waals surface area contributed by atoms with Gasteiger partial charge in [0.1, 0.15) is 0 Å². The Bertz CT molecular complexity index is 1200. The number of fused-ring (bicyclic) bond motifs is 1. The zero-order chi connectivity index (χ0) is 22.1. The molecule has 3 N–H and O–H groups in total. The van der Waals surface area contributed by atoms with Crippen LogP contribution < -0.4 is 11.1 Å². The van der Waals surface area contributed by atoms with Gasteiger partial charge in [0, 0.05) is 16.8 Å². The van der Waals surface area contributed by atoms with Crippen molar-refractivity contribution in [3.05, 3.63) is 100 Å². The van der Waals surface area contributed by atoms with Crippen LogP contribution in [0.15, 0.2) is 66.7 Å². The van der Waals surface area contributed by atoms with Crippen LogP contribution in [0, 0.1) is 6.92 Å². The lowest BCUT2D eigenvalue weighted by Crippen LogP contribution is -2.29. The van der Waals surface area contributed by atoms with E-state index < -0.39 is 5.91 Å². The van der Waals surface area contributed by atoms with E-state index >= 15 is 0 Å². The molecule has 1 aliphatic heterocycles. The van der Waals surface area contributed by atoms with Gasteiger partial charge in [0.2, 0.25) is 5.91 Å². The number of nitrogens with zero attached hydrogens (tertiary/aromatic N) is 1. The molecule has 7 nitrogen and oxygen atoms in total. The Morgan fingerprint density at radius 3 is 2.06 bits per heavy atom. The quantitative estimate of drug-likeness (QED) is 0.626. The maximum Gasteiger partial charge on any atom is 0.261 e. The van der Waals surface area contributed by atoms with Crippen LogP contribution in [-0.2, 0) is 6.54 Å². The van der Waals surface area contributed by atoms with Gasteiger partial charge in [-0.05, 0) is 60.5 Å². The summed E-state index contributed by atoms with van der Waals surface area (Å²) in [5, 5.41) is 2.77. The predicted molar refractivity (Wildman–Crippen MR) is 115 cm³/mol. The minimum absolute atomic E-state index is 0.127. The second kappa shape index (κ2) is 7.87. The van der Waals surface area contributed by atoms with Crippen LogP contribution >= 0.6 is 0 Å². The molecule has 0 saturated carbocycles. The van der Waals surface area contributed by atoms with E-state index in [4.69, 9.17) is 5.73 Å². The monoisotopic (exact) mass is 413 g/mol. The van der Waals surface area contributed by atoms with E-state index in [-0.39, 0.29) is 24.3 Å². The Morgan fingerprint density at radius 1 is 0.903 bits per heavy atom. The maximum absolute atomic E-state index is 12.5. The second-order valence-electron chi connectivity index (χ2n) is 7.29. The number of hydrogen-bond acceptors (Lipinski definition) is 4. The number of imide groups is 1. The number of nitrogens with two attached hydrogens (primary N) is 1. The summed E-state index contributed by atoms with van der Waals surface area (Å²) in [6.07, 6.45) is 0. The average Bonchev–Trinajstić information content (AvgIpc) is 2.99. The molecule has 0 saturated heterocycles. The van der Waals surface area contributed by atoms with Crippen molar-refractivity contribution in [1.82, 2.24) is 4.90 Å². The lowest BCUT2D eigenvalue weighted by molar-refractivity contribution is 0.0641. The van der Waals surface area contributed by atoms with Crippen LogP contribution in [0.5, 0.6) is 0 Å². The number of aryl methyl sites for hydroxylation is 1. The Hall–Kier alpha value is -4.26. The highest BCUT2D eigenvalue weighted by atomic mass is 16.2. The van der Waals surface area contributed by atoms with Gasteiger partial charge in [0.25, 0.3) is 17.7 Å². The summed E-state index contributed by atoms with van der Waals surface area (Å²) >= 11 is 0. The van der Waals surface area contributed by atoms with Crippen molar-refractivity contribution in [3.8, 4) is 0 Å². The molecular formula is C24H19N3O4. The number of carbonyl (C=O) groups excluding carboxylic acids is 4. The number of benzene rings is 3. The summed E-state index contributed by atoms with van der Waals surface area (Å²) in [5.74, 6) is -1.49. The molecule has 1 aliphatic rings. The molecule has 0 aliphatic carbocycles. The zero-order valence-corrected chi connectivity index (χ0v) is 16.7. The van der Waals surface area contributed by atoms with Crippen LogP contribution in [0.3, 0.4) is 0 Å². The van der Waals surface area contributed by atoms with Crippen molar-refractivity contribution < 1.29 is 19.2 Å². The first kappa shape index (κ1) is 20.0. The maximum atomic E-state index is 12.5. The molecule has 0 fully saturated rings. The average molecular weight is 413 g/mol. The van der Waals surface area contributed by atoms with Gasteiger partial charge >= 0.3 is 0 Å². The predicted octanol–water partition coefficient (Wildman–Crippen LogP) is 3.14. The van der Waals surface area contributed by atoms with Gasteiger partial charge in [0.15, 0.2) is 0 Å². The van der Waals surface area contributed by atoms with E-state index in [1.807, 2.05) is 0 Å². The molecule has 154 valence electrons. The molecule has 0 aromatic heterocycles. The Balaban J connectivity index is 1.44. The van der Waals surface area contributed by atoms with E-state index in [0.717, 1.165) is 5.56 Å². The van der Waals surface area contributed by atoms with Crippen LogP contribution in [0.25, 0.3) is 0 Å². The number of nitrogens with one attached hydrogen (secondary N) is 1. The smallest absolute Gasteiger partial charge is 0.261 e. The molecule has 0 spiro atoms. The third kappa shape index (κ3) is 3.81. The molecule has 7 heteroatoms. The molecule has 31 heavy (non-hydrogen) atoms. The van der Waals surface area contributed by atoms with Crippen molar-refractivity contribution >= 4 is 29.3 Å². The van der Waals surface area contributed by atoms with Gasteiger partial charge < -0.3 is 11.1 Å². The zero-order valence-electron chi connectivity index (χ0n) is 16.7. The Morgan fingerprint density at radius 2 is 1.52 bits per heavy atom. The molecule has 1 heterocycles. The summed E-state index contributed by atoms with van der Waals surface area (Å²) in [7, 11) is 0. The molecule has 4 rings (SSSR count). The minimum atomic E-state index is -0.524. The van der Waals surface area contributed by atoms with Crippen LogP contribution in [0.2, 0.25) is 0 Å². The Kier molecular flexibility index (Phi) is 5.09. The van der Waals surface area contributed by atoms with Gasteiger partial charge in [-0.2, -0.15) is 0 Å². The van der Waals surface area contributed by atoms with Crippen LogP contribution in [-0.4, -0.2) is 28.5 Å². The van der Waals surface area contributed by atoms with Gasteiger partial charge in [-0.3, -0.25) is 24.1 Å². The summed E-state index contributed by atoms with van der Waals surface area (Å²) in [6, 6.07) is 18.3. The summed E-state index contributed by atoms with van der Waals surface area (Å²) < 4.78 is 0. The third-order valence-electron chi connectivity index (χ3n) is 5.18.